The first-order valence-corrected chi connectivity index (χ1v) is 10.8. The van der Waals surface area contributed by atoms with Crippen molar-refractivity contribution in [3.63, 3.8) is 0 Å². The van der Waals surface area contributed by atoms with Crippen LogP contribution in [-0.4, -0.2) is 44.7 Å². The lowest BCUT2D eigenvalue weighted by molar-refractivity contribution is -0.136. The second-order valence-electron chi connectivity index (χ2n) is 8.32. The number of likely N-dealkylation sites (tertiary alicyclic amines) is 1. The molecule has 2 fully saturated rings. The van der Waals surface area contributed by atoms with E-state index in [-0.39, 0.29) is 29.3 Å². The van der Waals surface area contributed by atoms with Crippen LogP contribution < -0.4 is 5.56 Å². The molecule has 0 aromatic carbocycles. The topological polar surface area (TPSA) is 86.4 Å². The van der Waals surface area contributed by atoms with Crippen LogP contribution in [-0.2, 0) is 22.6 Å². The van der Waals surface area contributed by atoms with E-state index in [0.717, 1.165) is 57.2 Å². The molecule has 28 heavy (non-hydrogen) atoms. The number of rotatable bonds is 3. The maximum Gasteiger partial charge on any atom is 0.256 e. The first-order valence-electron chi connectivity index (χ1n) is 10.8. The standard InChI is InChI=1S/C21H30N4O3/c1-2-18(26)25-11-6-5-9-17(25)19-22-16-10-12-24(13-15(16)20(27)23-19)21(28)14-7-3-4-8-14/h14,17H,2-13H2,1H3,(H,22,23,27)/t17-/m0/s1. The maximum absolute atomic E-state index is 12.8. The number of aromatic amines is 1. The van der Waals surface area contributed by atoms with Crippen molar-refractivity contribution in [3.05, 3.63) is 27.4 Å². The highest BCUT2D eigenvalue weighted by molar-refractivity contribution is 5.79. The van der Waals surface area contributed by atoms with Gasteiger partial charge in [0.2, 0.25) is 11.8 Å². The van der Waals surface area contributed by atoms with Gasteiger partial charge in [0.25, 0.3) is 5.56 Å². The molecule has 4 rings (SSSR count). The van der Waals surface area contributed by atoms with Gasteiger partial charge < -0.3 is 14.8 Å². The van der Waals surface area contributed by atoms with Crippen LogP contribution in [0, 0.1) is 5.92 Å². The van der Waals surface area contributed by atoms with Crippen LogP contribution >= 0.6 is 0 Å². The summed E-state index contributed by atoms with van der Waals surface area (Å²) in [7, 11) is 0. The highest BCUT2D eigenvalue weighted by Gasteiger charge is 2.33. The highest BCUT2D eigenvalue weighted by Crippen LogP contribution is 2.31. The number of H-pyrrole nitrogens is 1. The Labute approximate surface area is 165 Å². The van der Waals surface area contributed by atoms with Crippen LogP contribution in [0.4, 0.5) is 0 Å². The molecule has 0 bridgehead atoms. The van der Waals surface area contributed by atoms with E-state index < -0.39 is 0 Å². The van der Waals surface area contributed by atoms with Gasteiger partial charge in [-0.3, -0.25) is 14.4 Å². The zero-order valence-corrected chi connectivity index (χ0v) is 16.7. The van der Waals surface area contributed by atoms with E-state index in [1.54, 1.807) is 0 Å². The number of carbonyl (C=O) groups is 2. The monoisotopic (exact) mass is 386 g/mol. The minimum absolute atomic E-state index is 0.110. The van der Waals surface area contributed by atoms with E-state index in [4.69, 9.17) is 4.98 Å². The molecule has 7 nitrogen and oxygen atoms in total. The second-order valence-corrected chi connectivity index (χ2v) is 8.32. The molecule has 0 unspecified atom stereocenters. The van der Waals surface area contributed by atoms with Crippen molar-refractivity contribution in [2.75, 3.05) is 13.1 Å². The van der Waals surface area contributed by atoms with Gasteiger partial charge in [-0.2, -0.15) is 0 Å². The summed E-state index contributed by atoms with van der Waals surface area (Å²) >= 11 is 0. The third kappa shape index (κ3) is 3.59. The van der Waals surface area contributed by atoms with E-state index in [0.29, 0.717) is 37.3 Å². The molecule has 0 radical (unpaired) electrons. The molecule has 7 heteroatoms. The smallest absolute Gasteiger partial charge is 0.256 e. The molecule has 1 aliphatic carbocycles. The van der Waals surface area contributed by atoms with Crippen LogP contribution in [0.2, 0.25) is 0 Å². The second kappa shape index (κ2) is 8.05. The number of nitrogens with one attached hydrogen (secondary N) is 1. The van der Waals surface area contributed by atoms with Gasteiger partial charge in [0, 0.05) is 31.8 Å². The predicted molar refractivity (Wildman–Crippen MR) is 105 cm³/mol. The fourth-order valence-electron chi connectivity index (χ4n) is 4.94. The number of hydrogen-bond donors (Lipinski definition) is 1. The summed E-state index contributed by atoms with van der Waals surface area (Å²) in [6.45, 7) is 3.57. The van der Waals surface area contributed by atoms with Crippen molar-refractivity contribution in [1.82, 2.24) is 19.8 Å². The number of fused-ring (bicyclic) bond motifs is 1. The van der Waals surface area contributed by atoms with Crippen LogP contribution in [0.25, 0.3) is 0 Å². The number of hydrogen-bond acceptors (Lipinski definition) is 4. The van der Waals surface area contributed by atoms with Gasteiger partial charge in [0.15, 0.2) is 0 Å². The van der Waals surface area contributed by atoms with Gasteiger partial charge in [-0.05, 0) is 32.1 Å². The molecule has 1 aromatic heterocycles. The molecule has 1 N–H and O–H groups in total. The summed E-state index contributed by atoms with van der Waals surface area (Å²) in [5.41, 5.74) is 1.26. The zero-order valence-electron chi connectivity index (χ0n) is 16.7. The first kappa shape index (κ1) is 19.2. The first-order chi connectivity index (χ1) is 13.6. The Morgan fingerprint density at radius 2 is 1.86 bits per heavy atom. The van der Waals surface area contributed by atoms with Crippen LogP contribution in [0.15, 0.2) is 4.79 Å². The molecule has 1 saturated carbocycles. The Hall–Kier alpha value is -2.18. The van der Waals surface area contributed by atoms with E-state index in [1.807, 2.05) is 16.7 Å². The average molecular weight is 386 g/mol. The molecule has 0 spiro atoms. The lowest BCUT2D eigenvalue weighted by atomic mass is 9.99. The van der Waals surface area contributed by atoms with E-state index >= 15 is 0 Å². The summed E-state index contributed by atoms with van der Waals surface area (Å²) in [6, 6.07) is -0.141. The number of nitrogens with zero attached hydrogens (tertiary/aromatic N) is 3. The Morgan fingerprint density at radius 3 is 2.61 bits per heavy atom. The Balaban J connectivity index is 1.56. The fourth-order valence-corrected chi connectivity index (χ4v) is 4.94. The minimum Gasteiger partial charge on any atom is -0.337 e. The number of piperidine rings is 1. The van der Waals surface area contributed by atoms with Gasteiger partial charge in [-0.25, -0.2) is 4.98 Å². The summed E-state index contributed by atoms with van der Waals surface area (Å²) in [4.78, 5) is 49.3. The lowest BCUT2D eigenvalue weighted by Gasteiger charge is -2.36. The molecule has 1 aromatic rings. The van der Waals surface area contributed by atoms with Crippen molar-refractivity contribution in [3.8, 4) is 0 Å². The Kier molecular flexibility index (Phi) is 5.51. The predicted octanol–water partition coefficient (Wildman–Crippen LogP) is 2.31. The quantitative estimate of drug-likeness (QED) is 0.864. The van der Waals surface area contributed by atoms with Crippen molar-refractivity contribution in [2.45, 2.75) is 77.3 Å². The molecule has 3 aliphatic rings. The SMILES string of the molecule is CCC(=O)N1CCCC[C@H]1c1nc2c(c(=O)[nH]1)CN(C(=O)C1CCCC1)CC2. The normalized spacial score (nSPS) is 23.0. The highest BCUT2D eigenvalue weighted by atomic mass is 16.2. The number of carbonyl (C=O) groups excluding carboxylic acids is 2. The third-order valence-electron chi connectivity index (χ3n) is 6.54. The molecule has 2 aliphatic heterocycles. The Morgan fingerprint density at radius 1 is 1.11 bits per heavy atom. The van der Waals surface area contributed by atoms with E-state index in [2.05, 4.69) is 4.98 Å². The van der Waals surface area contributed by atoms with Gasteiger partial charge in [-0.15, -0.1) is 0 Å². The van der Waals surface area contributed by atoms with Crippen LogP contribution in [0.5, 0.6) is 0 Å². The minimum atomic E-state index is -0.154. The van der Waals surface area contributed by atoms with E-state index in [1.165, 1.54) is 0 Å². The van der Waals surface area contributed by atoms with Gasteiger partial charge >= 0.3 is 0 Å². The molecule has 1 saturated heterocycles. The van der Waals surface area contributed by atoms with Crippen LogP contribution in [0.3, 0.4) is 0 Å². The van der Waals surface area contributed by atoms with Gasteiger partial charge in [0.1, 0.15) is 5.82 Å². The lowest BCUT2D eigenvalue weighted by Crippen LogP contribution is -2.43. The molecular formula is C21H30N4O3. The van der Waals surface area contributed by atoms with Crippen molar-refractivity contribution < 1.29 is 9.59 Å². The molecule has 1 atom stereocenters. The molecular weight excluding hydrogens is 356 g/mol. The van der Waals surface area contributed by atoms with Crippen molar-refractivity contribution in [1.29, 1.82) is 0 Å². The Bertz CT molecular complexity index is 812. The van der Waals surface area contributed by atoms with Gasteiger partial charge in [-0.1, -0.05) is 19.8 Å². The molecule has 2 amide bonds. The largest absolute Gasteiger partial charge is 0.337 e. The van der Waals surface area contributed by atoms with Crippen LogP contribution in [0.1, 0.15) is 81.4 Å². The summed E-state index contributed by atoms with van der Waals surface area (Å²) in [5.74, 6) is 1.04. The number of aromatic nitrogens is 2. The average Bonchev–Trinajstić information content (AvgIpc) is 3.27. The van der Waals surface area contributed by atoms with Crippen molar-refractivity contribution in [2.24, 2.45) is 5.92 Å². The fraction of sp³-hybridized carbons (Fsp3) is 0.714. The molecule has 152 valence electrons. The van der Waals surface area contributed by atoms with E-state index in [9.17, 15) is 14.4 Å². The summed E-state index contributed by atoms with van der Waals surface area (Å²) in [6.07, 6.45) is 8.12. The number of amides is 2. The summed E-state index contributed by atoms with van der Waals surface area (Å²) in [5, 5.41) is 0. The zero-order chi connectivity index (χ0) is 19.7. The van der Waals surface area contributed by atoms with Gasteiger partial charge in [0.05, 0.1) is 23.8 Å². The summed E-state index contributed by atoms with van der Waals surface area (Å²) < 4.78 is 0. The van der Waals surface area contributed by atoms with Crippen molar-refractivity contribution >= 4 is 11.8 Å². The maximum atomic E-state index is 12.8. The third-order valence-corrected chi connectivity index (χ3v) is 6.54. The molecule has 3 heterocycles.